The van der Waals surface area contributed by atoms with Crippen molar-refractivity contribution < 1.29 is 4.40 Å². The van der Waals surface area contributed by atoms with Crippen LogP contribution in [0.5, 0.6) is 0 Å². The lowest BCUT2D eigenvalue weighted by Gasteiger charge is -2.03. The minimum atomic E-state index is 1.16. The summed E-state index contributed by atoms with van der Waals surface area (Å²) in [6.07, 6.45) is 4.28. The SMILES string of the molecule is Cc1ccc(-c2c[n+]3ccccc3n2-c2ccccc2)cc1. The van der Waals surface area contributed by atoms with Gasteiger partial charge < -0.3 is 0 Å². The normalized spacial score (nSPS) is 11.0. The van der Waals surface area contributed by atoms with Gasteiger partial charge in [0.05, 0.1) is 6.20 Å². The van der Waals surface area contributed by atoms with E-state index in [9.17, 15) is 0 Å². The van der Waals surface area contributed by atoms with Crippen molar-refractivity contribution >= 4 is 5.65 Å². The Bertz CT molecular complexity index is 919. The Morgan fingerprint density at radius 3 is 2.27 bits per heavy atom. The van der Waals surface area contributed by atoms with Gasteiger partial charge in [0.15, 0.2) is 5.69 Å². The van der Waals surface area contributed by atoms with Crippen molar-refractivity contribution in [2.75, 3.05) is 0 Å². The van der Waals surface area contributed by atoms with Crippen molar-refractivity contribution in [1.29, 1.82) is 0 Å². The van der Waals surface area contributed by atoms with E-state index >= 15 is 0 Å². The van der Waals surface area contributed by atoms with Gasteiger partial charge in [0, 0.05) is 11.6 Å². The fourth-order valence-electron chi connectivity index (χ4n) is 2.83. The highest BCUT2D eigenvalue weighted by molar-refractivity contribution is 5.65. The smallest absolute Gasteiger partial charge is 0.202 e. The second-order valence-electron chi connectivity index (χ2n) is 5.52. The van der Waals surface area contributed by atoms with Crippen LogP contribution in [-0.2, 0) is 0 Å². The average molecular weight is 285 g/mol. The molecule has 0 aliphatic rings. The Morgan fingerprint density at radius 1 is 0.773 bits per heavy atom. The molecule has 0 unspecified atom stereocenters. The molecule has 0 saturated carbocycles. The standard InChI is InChI=1S/C20H17N2/c1-16-10-12-17(13-11-16)19-15-21-14-6-5-9-20(21)22(19)18-7-3-2-4-8-18/h2-15H,1H3/q+1. The fraction of sp³-hybridized carbons (Fsp3) is 0.0500. The van der Waals surface area contributed by atoms with Gasteiger partial charge in [0.25, 0.3) is 5.65 Å². The summed E-state index contributed by atoms with van der Waals surface area (Å²) >= 11 is 0. The lowest BCUT2D eigenvalue weighted by Crippen LogP contribution is -2.17. The van der Waals surface area contributed by atoms with Crippen molar-refractivity contribution in [2.24, 2.45) is 0 Å². The van der Waals surface area contributed by atoms with Crippen molar-refractivity contribution in [1.82, 2.24) is 4.57 Å². The van der Waals surface area contributed by atoms with Gasteiger partial charge in [0.2, 0.25) is 0 Å². The summed E-state index contributed by atoms with van der Waals surface area (Å²) in [7, 11) is 0. The quantitative estimate of drug-likeness (QED) is 0.488. The van der Waals surface area contributed by atoms with Crippen LogP contribution in [0, 0.1) is 6.92 Å². The van der Waals surface area contributed by atoms with Crippen LogP contribution in [0.15, 0.2) is 85.2 Å². The van der Waals surface area contributed by atoms with Crippen LogP contribution in [0.1, 0.15) is 5.56 Å². The third-order valence-electron chi connectivity index (χ3n) is 3.96. The minimum absolute atomic E-state index is 1.16. The summed E-state index contributed by atoms with van der Waals surface area (Å²) in [5.41, 5.74) is 6.02. The molecule has 0 N–H and O–H groups in total. The molecule has 0 aliphatic carbocycles. The molecule has 0 aliphatic heterocycles. The number of nitrogens with zero attached hydrogens (tertiary/aromatic N) is 2. The van der Waals surface area contributed by atoms with Gasteiger partial charge in [-0.2, -0.15) is 4.57 Å². The van der Waals surface area contributed by atoms with Gasteiger partial charge in [-0.1, -0.05) is 54.1 Å². The number of rotatable bonds is 2. The molecule has 0 fully saturated rings. The molecule has 4 aromatic rings. The second-order valence-corrected chi connectivity index (χ2v) is 5.52. The fourth-order valence-corrected chi connectivity index (χ4v) is 2.83. The molecule has 106 valence electrons. The summed E-state index contributed by atoms with van der Waals surface area (Å²) < 4.78 is 4.47. The first-order chi connectivity index (χ1) is 10.8. The first-order valence-corrected chi connectivity index (χ1v) is 7.47. The molecule has 2 aromatic heterocycles. The lowest BCUT2D eigenvalue weighted by atomic mass is 10.1. The molecule has 2 nitrogen and oxygen atoms in total. The average Bonchev–Trinajstić information content (AvgIpc) is 2.96. The van der Waals surface area contributed by atoms with Gasteiger partial charge in [-0.3, -0.25) is 0 Å². The van der Waals surface area contributed by atoms with Gasteiger partial charge >= 0.3 is 0 Å². The van der Waals surface area contributed by atoms with E-state index in [-0.39, 0.29) is 0 Å². The number of aromatic nitrogens is 2. The molecule has 0 bridgehead atoms. The van der Waals surface area contributed by atoms with Crippen molar-refractivity contribution in [3.05, 3.63) is 90.8 Å². The highest BCUT2D eigenvalue weighted by atomic mass is 15.1. The third-order valence-corrected chi connectivity index (χ3v) is 3.96. The Labute approximate surface area is 129 Å². The number of hydrogen-bond acceptors (Lipinski definition) is 0. The Kier molecular flexibility index (Phi) is 3.01. The molecule has 0 saturated heterocycles. The molecule has 0 atom stereocenters. The minimum Gasteiger partial charge on any atom is -0.202 e. The van der Waals surface area contributed by atoms with Gasteiger partial charge in [0.1, 0.15) is 11.9 Å². The second kappa shape index (κ2) is 5.15. The zero-order chi connectivity index (χ0) is 14.9. The van der Waals surface area contributed by atoms with E-state index < -0.39 is 0 Å². The highest BCUT2D eigenvalue weighted by Gasteiger charge is 2.20. The monoisotopic (exact) mass is 285 g/mol. The van der Waals surface area contributed by atoms with Crippen molar-refractivity contribution in [2.45, 2.75) is 6.92 Å². The summed E-state index contributed by atoms with van der Waals surface area (Å²) in [5, 5.41) is 0. The topological polar surface area (TPSA) is 9.03 Å². The summed E-state index contributed by atoms with van der Waals surface area (Å²) in [6.45, 7) is 2.12. The van der Waals surface area contributed by atoms with E-state index in [0.717, 1.165) is 5.65 Å². The lowest BCUT2D eigenvalue weighted by molar-refractivity contribution is -0.510. The zero-order valence-electron chi connectivity index (χ0n) is 12.5. The molecule has 0 spiro atoms. The number of para-hydroxylation sites is 1. The first kappa shape index (κ1) is 12.8. The summed E-state index contributed by atoms with van der Waals surface area (Å²) in [6, 6.07) is 25.5. The van der Waals surface area contributed by atoms with Gasteiger partial charge in [-0.05, 0) is 25.1 Å². The third kappa shape index (κ3) is 2.09. The number of hydrogen-bond donors (Lipinski definition) is 0. The van der Waals surface area contributed by atoms with Crippen LogP contribution in [0.3, 0.4) is 0 Å². The van der Waals surface area contributed by atoms with E-state index in [0.29, 0.717) is 0 Å². The number of imidazole rings is 1. The molecule has 2 aromatic carbocycles. The summed E-state index contributed by atoms with van der Waals surface area (Å²) in [4.78, 5) is 0. The van der Waals surface area contributed by atoms with Crippen molar-refractivity contribution in [3.63, 3.8) is 0 Å². The van der Waals surface area contributed by atoms with Crippen LogP contribution >= 0.6 is 0 Å². The Hall–Kier alpha value is -2.87. The van der Waals surface area contributed by atoms with Crippen LogP contribution in [0.25, 0.3) is 22.6 Å². The number of pyridine rings is 1. The predicted molar refractivity (Wildman–Crippen MR) is 89.1 cm³/mol. The maximum absolute atomic E-state index is 2.30. The highest BCUT2D eigenvalue weighted by Crippen LogP contribution is 2.25. The molecule has 0 radical (unpaired) electrons. The Balaban J connectivity index is 2.04. The largest absolute Gasteiger partial charge is 0.291 e. The van der Waals surface area contributed by atoms with Gasteiger partial charge in [-0.25, -0.2) is 4.40 Å². The Morgan fingerprint density at radius 2 is 1.50 bits per heavy atom. The maximum Gasteiger partial charge on any atom is 0.291 e. The molecule has 4 rings (SSSR count). The first-order valence-electron chi connectivity index (χ1n) is 7.47. The van der Waals surface area contributed by atoms with Gasteiger partial charge in [-0.15, -0.1) is 0 Å². The number of aryl methyl sites for hydroxylation is 1. The van der Waals surface area contributed by atoms with Crippen LogP contribution in [0.2, 0.25) is 0 Å². The number of benzene rings is 2. The van der Waals surface area contributed by atoms with Crippen LogP contribution in [0.4, 0.5) is 0 Å². The van der Waals surface area contributed by atoms with Crippen LogP contribution in [-0.4, -0.2) is 4.57 Å². The maximum atomic E-state index is 2.30. The van der Waals surface area contributed by atoms with Crippen LogP contribution < -0.4 is 4.40 Å². The molecular formula is C20H17N2+. The molecule has 22 heavy (non-hydrogen) atoms. The zero-order valence-corrected chi connectivity index (χ0v) is 12.5. The molecular weight excluding hydrogens is 268 g/mol. The molecule has 2 heteroatoms. The molecule has 2 heterocycles. The van der Waals surface area contributed by atoms with E-state index in [1.54, 1.807) is 0 Å². The van der Waals surface area contributed by atoms with E-state index in [1.807, 2.05) is 6.07 Å². The van der Waals surface area contributed by atoms with E-state index in [2.05, 4.69) is 95.0 Å². The van der Waals surface area contributed by atoms with E-state index in [4.69, 9.17) is 0 Å². The number of fused-ring (bicyclic) bond motifs is 1. The molecule has 0 amide bonds. The predicted octanol–water partition coefficient (Wildman–Crippen LogP) is 4.19. The summed E-state index contributed by atoms with van der Waals surface area (Å²) in [5.74, 6) is 0. The van der Waals surface area contributed by atoms with Crippen molar-refractivity contribution in [3.8, 4) is 16.9 Å². The van der Waals surface area contributed by atoms with E-state index in [1.165, 1.54) is 22.5 Å².